The van der Waals surface area contributed by atoms with Gasteiger partial charge in [-0.2, -0.15) is 4.31 Å². The van der Waals surface area contributed by atoms with Gasteiger partial charge in [-0.1, -0.05) is 11.6 Å². The second kappa shape index (κ2) is 6.61. The predicted octanol–water partition coefficient (Wildman–Crippen LogP) is 1.05. The van der Waals surface area contributed by atoms with Crippen LogP contribution in [0.2, 0.25) is 5.02 Å². The predicted molar refractivity (Wildman–Crippen MR) is 76.5 cm³/mol. The fourth-order valence-corrected chi connectivity index (χ4v) is 3.50. The van der Waals surface area contributed by atoms with Crippen molar-refractivity contribution in [2.75, 3.05) is 20.7 Å². The molecule has 0 amide bonds. The lowest BCUT2D eigenvalue weighted by Gasteiger charge is -2.21. The number of nitrogens with zero attached hydrogens (tertiary/aromatic N) is 1. The number of carboxylic acids is 1. The summed E-state index contributed by atoms with van der Waals surface area (Å²) in [6.45, 7) is 1.28. The number of hydrogen-bond donors (Lipinski definition) is 2. The molecule has 0 fully saturated rings. The van der Waals surface area contributed by atoms with Crippen LogP contribution in [0, 0.1) is 0 Å². The highest BCUT2D eigenvalue weighted by atomic mass is 35.5. The summed E-state index contributed by atoms with van der Waals surface area (Å²) < 4.78 is 30.7. The normalized spacial score (nSPS) is 13.2. The molecule has 2 N–H and O–H groups in total. The largest absolute Gasteiger partial charge is 0.494 e. The van der Waals surface area contributed by atoms with Crippen molar-refractivity contribution in [3.63, 3.8) is 0 Å². The van der Waals surface area contributed by atoms with Crippen LogP contribution >= 0.6 is 11.6 Å². The first-order valence-electron chi connectivity index (χ1n) is 5.86. The van der Waals surface area contributed by atoms with E-state index in [2.05, 4.69) is 0 Å². The Morgan fingerprint density at radius 3 is 2.48 bits per heavy atom. The van der Waals surface area contributed by atoms with E-state index in [1.807, 2.05) is 0 Å². The molecule has 9 heteroatoms. The van der Waals surface area contributed by atoms with Gasteiger partial charge in [-0.05, 0) is 19.1 Å². The number of carboxylic acid groups (broad SMARTS) is 1. The van der Waals surface area contributed by atoms with Gasteiger partial charge in [-0.3, -0.25) is 0 Å². The summed E-state index contributed by atoms with van der Waals surface area (Å²) in [7, 11) is -1.62. The topological polar surface area (TPSA) is 104 Å². The molecular formula is C12H16ClNO6S. The first-order chi connectivity index (χ1) is 9.61. The van der Waals surface area contributed by atoms with E-state index in [0.29, 0.717) is 0 Å². The molecule has 118 valence electrons. The van der Waals surface area contributed by atoms with Crippen molar-refractivity contribution >= 4 is 27.6 Å². The molecule has 7 nitrogen and oxygen atoms in total. The van der Waals surface area contributed by atoms with Crippen molar-refractivity contribution in [1.82, 2.24) is 4.31 Å². The summed E-state index contributed by atoms with van der Waals surface area (Å²) >= 11 is 5.79. The zero-order valence-corrected chi connectivity index (χ0v) is 13.3. The maximum Gasteiger partial charge on any atom is 0.339 e. The van der Waals surface area contributed by atoms with Gasteiger partial charge in [0.2, 0.25) is 10.0 Å². The number of halogens is 1. The standard InChI is InChI=1S/C12H16ClNO6S/c1-7(15)6-14(2)21(18,19)10-5-8(13)4-9(12(16)17)11(10)20-3/h4-5,7,15H,6H2,1-3H3,(H,16,17). The minimum Gasteiger partial charge on any atom is -0.494 e. The second-order valence-corrected chi connectivity index (χ2v) is 6.87. The number of aliphatic hydroxyl groups excluding tert-OH is 1. The number of benzene rings is 1. The quantitative estimate of drug-likeness (QED) is 0.804. The van der Waals surface area contributed by atoms with Gasteiger partial charge in [-0.15, -0.1) is 0 Å². The molecule has 1 rings (SSSR count). The summed E-state index contributed by atoms with van der Waals surface area (Å²) in [5.41, 5.74) is -0.353. The summed E-state index contributed by atoms with van der Waals surface area (Å²) in [4.78, 5) is 10.8. The molecule has 0 aromatic heterocycles. The van der Waals surface area contributed by atoms with Crippen LogP contribution < -0.4 is 4.74 Å². The van der Waals surface area contributed by atoms with E-state index in [4.69, 9.17) is 21.4 Å². The van der Waals surface area contributed by atoms with Crippen LogP contribution in [0.4, 0.5) is 0 Å². The number of sulfonamides is 1. The highest BCUT2D eigenvalue weighted by Crippen LogP contribution is 2.33. The fourth-order valence-electron chi connectivity index (χ4n) is 1.77. The molecule has 0 bridgehead atoms. The zero-order valence-electron chi connectivity index (χ0n) is 11.7. The summed E-state index contributed by atoms with van der Waals surface area (Å²) in [5, 5.41) is 18.4. The van der Waals surface area contributed by atoms with Crippen LogP contribution in [-0.2, 0) is 10.0 Å². The van der Waals surface area contributed by atoms with Crippen LogP contribution in [0.1, 0.15) is 17.3 Å². The molecular weight excluding hydrogens is 322 g/mol. The van der Waals surface area contributed by atoms with Crippen LogP contribution in [0.5, 0.6) is 5.75 Å². The number of aromatic carboxylic acids is 1. The van der Waals surface area contributed by atoms with E-state index >= 15 is 0 Å². The first-order valence-corrected chi connectivity index (χ1v) is 7.68. The third-order valence-corrected chi connectivity index (χ3v) is 4.71. The fraction of sp³-hybridized carbons (Fsp3) is 0.417. The molecule has 0 saturated heterocycles. The van der Waals surface area contributed by atoms with Gasteiger partial charge in [-0.25, -0.2) is 13.2 Å². The summed E-state index contributed by atoms with van der Waals surface area (Å²) in [5.74, 6) is -1.66. The van der Waals surface area contributed by atoms with E-state index in [1.54, 1.807) is 0 Å². The van der Waals surface area contributed by atoms with Crippen LogP contribution in [0.15, 0.2) is 17.0 Å². The number of ether oxygens (including phenoxy) is 1. The van der Waals surface area contributed by atoms with E-state index in [9.17, 15) is 18.3 Å². The van der Waals surface area contributed by atoms with E-state index in [0.717, 1.165) is 16.4 Å². The van der Waals surface area contributed by atoms with Crippen molar-refractivity contribution in [1.29, 1.82) is 0 Å². The smallest absolute Gasteiger partial charge is 0.339 e. The van der Waals surface area contributed by atoms with Gasteiger partial charge in [0.15, 0.2) is 5.75 Å². The Balaban J connectivity index is 3.51. The average Bonchev–Trinajstić information content (AvgIpc) is 2.36. The highest BCUT2D eigenvalue weighted by molar-refractivity contribution is 7.89. The molecule has 0 aliphatic carbocycles. The molecule has 1 unspecified atom stereocenters. The second-order valence-electron chi connectivity index (χ2n) is 4.42. The molecule has 1 aromatic rings. The summed E-state index contributed by atoms with van der Waals surface area (Å²) in [6, 6.07) is 2.22. The lowest BCUT2D eigenvalue weighted by atomic mass is 10.2. The average molecular weight is 338 g/mol. The molecule has 0 aliphatic rings. The number of hydrogen-bond acceptors (Lipinski definition) is 5. The van der Waals surface area contributed by atoms with Gasteiger partial charge in [0.05, 0.1) is 13.2 Å². The molecule has 1 aromatic carbocycles. The Labute approximate surface area is 127 Å². The molecule has 0 spiro atoms. The van der Waals surface area contributed by atoms with Crippen molar-refractivity contribution in [3.05, 3.63) is 22.7 Å². The van der Waals surface area contributed by atoms with Gasteiger partial charge in [0.25, 0.3) is 0 Å². The van der Waals surface area contributed by atoms with Gasteiger partial charge in [0, 0.05) is 18.6 Å². The molecule has 0 aliphatic heterocycles. The Kier molecular flexibility index (Phi) is 5.57. The van der Waals surface area contributed by atoms with Crippen molar-refractivity contribution < 1.29 is 28.2 Å². The lowest BCUT2D eigenvalue weighted by molar-refractivity contribution is 0.0692. The maximum atomic E-state index is 12.5. The Morgan fingerprint density at radius 1 is 1.48 bits per heavy atom. The van der Waals surface area contributed by atoms with Crippen molar-refractivity contribution in [2.45, 2.75) is 17.9 Å². The monoisotopic (exact) mass is 337 g/mol. The first kappa shape index (κ1) is 17.7. The SMILES string of the molecule is COc1c(C(=O)O)cc(Cl)cc1S(=O)(=O)N(C)CC(C)O. The minimum atomic E-state index is -4.05. The number of rotatable bonds is 6. The lowest BCUT2D eigenvalue weighted by Crippen LogP contribution is -2.33. The van der Waals surface area contributed by atoms with Crippen molar-refractivity contribution in [3.8, 4) is 5.75 Å². The van der Waals surface area contributed by atoms with E-state index in [-0.39, 0.29) is 27.8 Å². The molecule has 1 atom stereocenters. The minimum absolute atomic E-state index is 0.0442. The highest BCUT2D eigenvalue weighted by Gasteiger charge is 2.29. The Morgan fingerprint density at radius 2 is 2.05 bits per heavy atom. The van der Waals surface area contributed by atoms with Gasteiger partial charge in [0.1, 0.15) is 10.5 Å². The van der Waals surface area contributed by atoms with Crippen LogP contribution in [0.25, 0.3) is 0 Å². The van der Waals surface area contributed by atoms with Crippen molar-refractivity contribution in [2.24, 2.45) is 0 Å². The summed E-state index contributed by atoms with van der Waals surface area (Å²) in [6.07, 6.45) is -0.881. The molecule has 0 radical (unpaired) electrons. The van der Waals surface area contributed by atoms with E-state index in [1.165, 1.54) is 21.1 Å². The van der Waals surface area contributed by atoms with Gasteiger partial charge >= 0.3 is 5.97 Å². The number of likely N-dealkylation sites (N-methyl/N-ethyl adjacent to an activating group) is 1. The number of aliphatic hydroxyl groups is 1. The third-order valence-electron chi connectivity index (χ3n) is 2.66. The molecule has 21 heavy (non-hydrogen) atoms. The van der Waals surface area contributed by atoms with Crippen LogP contribution in [-0.4, -0.2) is 55.7 Å². The maximum absolute atomic E-state index is 12.5. The molecule has 0 heterocycles. The third kappa shape index (κ3) is 3.85. The van der Waals surface area contributed by atoms with E-state index < -0.39 is 22.1 Å². The Hall–Kier alpha value is -1.35. The zero-order chi connectivity index (χ0) is 16.4. The Bertz CT molecular complexity index is 643. The number of carbonyl (C=O) groups is 1. The number of methoxy groups -OCH3 is 1. The molecule has 0 saturated carbocycles. The van der Waals surface area contributed by atoms with Gasteiger partial charge < -0.3 is 14.9 Å². The van der Waals surface area contributed by atoms with Crippen LogP contribution in [0.3, 0.4) is 0 Å².